The maximum Gasteiger partial charge on any atom is 0.117 e. The number of rotatable bonds is 4. The molecular formula is C11H21F. The van der Waals surface area contributed by atoms with Crippen LogP contribution in [0.25, 0.3) is 0 Å². The first-order valence-corrected chi connectivity index (χ1v) is 4.60. The fourth-order valence-electron chi connectivity index (χ4n) is 1.23. The summed E-state index contributed by atoms with van der Waals surface area (Å²) in [5.74, 6) is 0. The molecule has 0 aromatic heterocycles. The van der Waals surface area contributed by atoms with E-state index in [1.54, 1.807) is 6.92 Å². The zero-order valence-corrected chi connectivity index (χ0v) is 9.00. The van der Waals surface area contributed by atoms with Crippen LogP contribution in [0.2, 0.25) is 0 Å². The van der Waals surface area contributed by atoms with Gasteiger partial charge in [0, 0.05) is 5.41 Å². The number of allylic oxidation sites excluding steroid dienone is 1. The van der Waals surface area contributed by atoms with Crippen molar-refractivity contribution in [3.05, 3.63) is 12.2 Å². The van der Waals surface area contributed by atoms with Gasteiger partial charge in [-0.05, 0) is 20.3 Å². The summed E-state index contributed by atoms with van der Waals surface area (Å²) in [6.07, 6.45) is 1.48. The molecule has 0 N–H and O–H groups in total. The second-order valence-electron chi connectivity index (χ2n) is 4.35. The summed E-state index contributed by atoms with van der Waals surface area (Å²) in [4.78, 5) is 0. The summed E-state index contributed by atoms with van der Waals surface area (Å²) < 4.78 is 14.1. The van der Waals surface area contributed by atoms with E-state index in [0.29, 0.717) is 6.42 Å². The summed E-state index contributed by atoms with van der Waals surface area (Å²) in [5, 5.41) is 0. The monoisotopic (exact) mass is 172 g/mol. The minimum atomic E-state index is -1.13. The smallest absolute Gasteiger partial charge is 0.117 e. The first-order chi connectivity index (χ1) is 5.25. The lowest BCUT2D eigenvalue weighted by Gasteiger charge is -2.38. The normalized spacial score (nSPS) is 17.2. The van der Waals surface area contributed by atoms with Crippen LogP contribution in [0, 0.1) is 5.41 Å². The van der Waals surface area contributed by atoms with Crippen molar-refractivity contribution in [2.75, 3.05) is 0 Å². The van der Waals surface area contributed by atoms with Crippen LogP contribution in [0.1, 0.15) is 47.5 Å². The van der Waals surface area contributed by atoms with Crippen LogP contribution in [0.4, 0.5) is 4.39 Å². The quantitative estimate of drug-likeness (QED) is 0.560. The Morgan fingerprint density at radius 1 is 1.33 bits per heavy atom. The zero-order chi connectivity index (χ0) is 9.99. The van der Waals surface area contributed by atoms with Crippen molar-refractivity contribution in [2.24, 2.45) is 5.41 Å². The molecule has 0 nitrogen and oxygen atoms in total. The Kier molecular flexibility index (Phi) is 3.49. The Hall–Kier alpha value is -0.330. The molecule has 0 fully saturated rings. The average Bonchev–Trinajstić information content (AvgIpc) is 1.86. The second-order valence-corrected chi connectivity index (χ2v) is 4.35. The molecule has 0 aliphatic carbocycles. The minimum Gasteiger partial charge on any atom is -0.243 e. The van der Waals surface area contributed by atoms with E-state index in [0.717, 1.165) is 12.0 Å². The fourth-order valence-corrected chi connectivity index (χ4v) is 1.23. The molecule has 0 amide bonds. The van der Waals surface area contributed by atoms with Crippen LogP contribution < -0.4 is 0 Å². The van der Waals surface area contributed by atoms with Gasteiger partial charge in [0.1, 0.15) is 5.67 Å². The van der Waals surface area contributed by atoms with Crippen LogP contribution in [-0.4, -0.2) is 5.67 Å². The second kappa shape index (κ2) is 3.59. The van der Waals surface area contributed by atoms with Crippen molar-refractivity contribution < 1.29 is 4.39 Å². The van der Waals surface area contributed by atoms with Gasteiger partial charge < -0.3 is 0 Å². The Morgan fingerprint density at radius 3 is 2.00 bits per heavy atom. The molecule has 0 aliphatic rings. The highest BCUT2D eigenvalue weighted by molar-refractivity contribution is 5.11. The van der Waals surface area contributed by atoms with Crippen molar-refractivity contribution in [3.63, 3.8) is 0 Å². The van der Waals surface area contributed by atoms with Gasteiger partial charge in [-0.1, -0.05) is 39.3 Å². The van der Waals surface area contributed by atoms with E-state index >= 15 is 0 Å². The Labute approximate surface area is 75.9 Å². The van der Waals surface area contributed by atoms with Gasteiger partial charge in [0.2, 0.25) is 0 Å². The minimum absolute atomic E-state index is 0.414. The lowest BCUT2D eigenvalue weighted by Crippen LogP contribution is -2.38. The van der Waals surface area contributed by atoms with Crippen LogP contribution >= 0.6 is 0 Å². The maximum absolute atomic E-state index is 14.1. The van der Waals surface area contributed by atoms with Crippen molar-refractivity contribution in [3.8, 4) is 0 Å². The van der Waals surface area contributed by atoms with Gasteiger partial charge in [-0.2, -0.15) is 0 Å². The predicted octanol–water partition coefficient (Wildman–Crippen LogP) is 4.12. The topological polar surface area (TPSA) is 0 Å². The van der Waals surface area contributed by atoms with Gasteiger partial charge in [0.15, 0.2) is 0 Å². The van der Waals surface area contributed by atoms with E-state index in [4.69, 9.17) is 0 Å². The SMILES string of the molecule is C=C(C)C(C)(C)C(C)(F)CCC. The summed E-state index contributed by atoms with van der Waals surface area (Å²) in [6, 6.07) is 0. The molecule has 0 saturated carbocycles. The molecule has 0 bridgehead atoms. The van der Waals surface area contributed by atoms with E-state index in [1.807, 2.05) is 27.7 Å². The summed E-state index contributed by atoms with van der Waals surface area (Å²) in [5.41, 5.74) is -0.627. The molecule has 0 spiro atoms. The Bertz CT molecular complexity index is 166. The van der Waals surface area contributed by atoms with Crippen LogP contribution in [0.5, 0.6) is 0 Å². The molecule has 0 radical (unpaired) electrons. The molecule has 1 heteroatoms. The van der Waals surface area contributed by atoms with Crippen molar-refractivity contribution in [1.29, 1.82) is 0 Å². The first kappa shape index (κ1) is 11.7. The van der Waals surface area contributed by atoms with Gasteiger partial charge in [-0.15, -0.1) is 0 Å². The lowest BCUT2D eigenvalue weighted by atomic mass is 9.71. The number of hydrogen-bond acceptors (Lipinski definition) is 0. The Balaban J connectivity index is 4.62. The fraction of sp³-hybridized carbons (Fsp3) is 0.818. The molecular weight excluding hydrogens is 151 g/mol. The third-order valence-electron chi connectivity index (χ3n) is 3.09. The van der Waals surface area contributed by atoms with Gasteiger partial charge in [-0.25, -0.2) is 4.39 Å². The highest BCUT2D eigenvalue weighted by Crippen LogP contribution is 2.42. The van der Waals surface area contributed by atoms with Gasteiger partial charge >= 0.3 is 0 Å². The summed E-state index contributed by atoms with van der Waals surface area (Å²) in [6.45, 7) is 13.3. The average molecular weight is 172 g/mol. The van der Waals surface area contributed by atoms with Gasteiger partial charge in [0.25, 0.3) is 0 Å². The molecule has 0 rings (SSSR count). The number of hydrogen-bond donors (Lipinski definition) is 0. The molecule has 1 unspecified atom stereocenters. The van der Waals surface area contributed by atoms with E-state index in [2.05, 4.69) is 6.58 Å². The maximum atomic E-state index is 14.1. The van der Waals surface area contributed by atoms with Crippen LogP contribution in [-0.2, 0) is 0 Å². The van der Waals surface area contributed by atoms with Gasteiger partial charge in [-0.3, -0.25) is 0 Å². The van der Waals surface area contributed by atoms with Crippen LogP contribution in [0.15, 0.2) is 12.2 Å². The van der Waals surface area contributed by atoms with Crippen molar-refractivity contribution in [1.82, 2.24) is 0 Å². The molecule has 1 atom stereocenters. The summed E-state index contributed by atoms with van der Waals surface area (Å²) in [7, 11) is 0. The van der Waals surface area contributed by atoms with Crippen molar-refractivity contribution in [2.45, 2.75) is 53.1 Å². The van der Waals surface area contributed by atoms with E-state index in [9.17, 15) is 4.39 Å². The molecule has 72 valence electrons. The number of halogens is 1. The third kappa shape index (κ3) is 2.09. The zero-order valence-electron chi connectivity index (χ0n) is 9.00. The molecule has 0 aliphatic heterocycles. The van der Waals surface area contributed by atoms with Crippen molar-refractivity contribution >= 4 is 0 Å². The van der Waals surface area contributed by atoms with E-state index < -0.39 is 11.1 Å². The van der Waals surface area contributed by atoms with E-state index in [-0.39, 0.29) is 0 Å². The molecule has 12 heavy (non-hydrogen) atoms. The first-order valence-electron chi connectivity index (χ1n) is 4.60. The molecule has 0 aromatic carbocycles. The largest absolute Gasteiger partial charge is 0.243 e. The van der Waals surface area contributed by atoms with E-state index in [1.165, 1.54) is 0 Å². The third-order valence-corrected chi connectivity index (χ3v) is 3.09. The molecule has 0 aromatic rings. The van der Waals surface area contributed by atoms with Crippen LogP contribution in [0.3, 0.4) is 0 Å². The van der Waals surface area contributed by atoms with Gasteiger partial charge in [0.05, 0.1) is 0 Å². The number of alkyl halides is 1. The standard InChI is InChI=1S/C11H21F/c1-7-8-11(6,12)10(4,5)9(2)3/h2,7-8H2,1,3-6H3. The highest BCUT2D eigenvalue weighted by Gasteiger charge is 2.40. The molecule has 0 heterocycles. The highest BCUT2D eigenvalue weighted by atomic mass is 19.1. The molecule has 0 saturated heterocycles. The lowest BCUT2D eigenvalue weighted by molar-refractivity contribution is 0.0520. The Morgan fingerprint density at radius 2 is 1.75 bits per heavy atom. The summed E-state index contributed by atoms with van der Waals surface area (Å²) >= 11 is 0. The predicted molar refractivity (Wildman–Crippen MR) is 53.0 cm³/mol.